The number of hydrogen-bond donors (Lipinski definition) is 0. The number of amides is 2. The lowest BCUT2D eigenvalue weighted by molar-refractivity contribution is -0.196. The summed E-state index contributed by atoms with van der Waals surface area (Å²) < 4.78 is 37.1. The fourth-order valence-corrected chi connectivity index (χ4v) is 9.12. The first kappa shape index (κ1) is 42.8. The number of nitrogens with zero attached hydrogens (tertiary/aromatic N) is 1. The molecule has 0 unspecified atom stereocenters. The van der Waals surface area contributed by atoms with Gasteiger partial charge in [-0.2, -0.15) is 0 Å². The summed E-state index contributed by atoms with van der Waals surface area (Å²) in [6.07, 6.45) is -5.06. The Hall–Kier alpha value is -4.33. The fraction of sp³-hybridized carbons (Fsp3) is 0.386. The SMILES string of the molecule is CCSC(SCC)[C@H](OCc1ccccc1)[C@@H](OCc1ccccc1)[C@@H](OC(C)=O)[C@H](OCc1ccc(OC)cc1)C(=O)N1C(=O)OC[C@H]1Cc1ccccc1. The standard InChI is InChI=1S/C44H51NO9S2/c1-5-55-43(56-6-2)41(52-28-34-20-14-9-15-21-34)38(50-27-33-18-12-8-13-19-33)39(54-31(3)46)40(51-29-35-22-24-37(49-4)25-23-35)42(47)45-36(30-53-44(45)48)26-32-16-10-7-11-17-32/h7-25,36,38-41,43H,5-6,26-30H2,1-4H3/t36-,38+,39-,40+,41-/m1/s1. The molecule has 5 rings (SSSR count). The highest BCUT2D eigenvalue weighted by Crippen LogP contribution is 2.35. The van der Waals surface area contributed by atoms with Crippen molar-refractivity contribution in [3.63, 3.8) is 0 Å². The first-order valence-electron chi connectivity index (χ1n) is 18.8. The predicted octanol–water partition coefficient (Wildman–Crippen LogP) is 8.11. The van der Waals surface area contributed by atoms with Crippen molar-refractivity contribution in [3.05, 3.63) is 138 Å². The van der Waals surface area contributed by atoms with E-state index in [-0.39, 0.29) is 31.0 Å². The molecule has 56 heavy (non-hydrogen) atoms. The van der Waals surface area contributed by atoms with Crippen molar-refractivity contribution >= 4 is 41.5 Å². The Balaban J connectivity index is 1.61. The zero-order valence-electron chi connectivity index (χ0n) is 32.3. The maximum Gasteiger partial charge on any atom is 0.417 e. The van der Waals surface area contributed by atoms with Gasteiger partial charge in [0, 0.05) is 6.92 Å². The van der Waals surface area contributed by atoms with E-state index in [1.54, 1.807) is 42.8 Å². The molecule has 1 aliphatic rings. The summed E-state index contributed by atoms with van der Waals surface area (Å²) in [6, 6.07) is 35.6. The molecule has 2 amide bonds. The summed E-state index contributed by atoms with van der Waals surface area (Å²) >= 11 is 3.37. The Morgan fingerprint density at radius 2 is 1.20 bits per heavy atom. The maximum absolute atomic E-state index is 15.1. The molecule has 1 saturated heterocycles. The monoisotopic (exact) mass is 801 g/mol. The number of methoxy groups -OCH3 is 1. The van der Waals surface area contributed by atoms with E-state index in [0.29, 0.717) is 12.2 Å². The van der Waals surface area contributed by atoms with Gasteiger partial charge in [-0.15, -0.1) is 23.5 Å². The molecule has 0 spiro atoms. The summed E-state index contributed by atoms with van der Waals surface area (Å²) in [5.41, 5.74) is 3.47. The quantitative estimate of drug-likeness (QED) is 0.0568. The summed E-state index contributed by atoms with van der Waals surface area (Å²) in [5, 5.41) is 0. The zero-order chi connectivity index (χ0) is 39.7. The largest absolute Gasteiger partial charge is 0.497 e. The van der Waals surface area contributed by atoms with E-state index in [4.69, 9.17) is 28.4 Å². The molecule has 1 aliphatic heterocycles. The fourth-order valence-electron chi connectivity index (χ4n) is 6.42. The molecule has 12 heteroatoms. The van der Waals surface area contributed by atoms with Crippen LogP contribution in [0.25, 0.3) is 0 Å². The third-order valence-electron chi connectivity index (χ3n) is 9.09. The van der Waals surface area contributed by atoms with Gasteiger partial charge in [0.05, 0.1) is 37.6 Å². The van der Waals surface area contributed by atoms with Gasteiger partial charge in [0.25, 0.3) is 5.91 Å². The van der Waals surface area contributed by atoms with Gasteiger partial charge in [0.1, 0.15) is 24.6 Å². The zero-order valence-corrected chi connectivity index (χ0v) is 34.0. The minimum absolute atomic E-state index is 0.00199. The van der Waals surface area contributed by atoms with Crippen LogP contribution in [0.1, 0.15) is 43.0 Å². The smallest absolute Gasteiger partial charge is 0.417 e. The highest BCUT2D eigenvalue weighted by atomic mass is 32.2. The summed E-state index contributed by atoms with van der Waals surface area (Å²) in [5.74, 6) is 0.839. The van der Waals surface area contributed by atoms with Crippen LogP contribution in [0.3, 0.4) is 0 Å². The highest BCUT2D eigenvalue weighted by molar-refractivity contribution is 8.17. The molecule has 10 nitrogen and oxygen atoms in total. The van der Waals surface area contributed by atoms with E-state index < -0.39 is 48.4 Å². The second-order valence-corrected chi connectivity index (χ2v) is 16.2. The van der Waals surface area contributed by atoms with Crippen LogP contribution in [0.15, 0.2) is 115 Å². The number of rotatable bonds is 22. The minimum atomic E-state index is -1.51. The number of esters is 1. The van der Waals surface area contributed by atoms with Gasteiger partial charge >= 0.3 is 12.1 Å². The molecule has 0 radical (unpaired) electrons. The average molecular weight is 802 g/mol. The molecule has 1 heterocycles. The lowest BCUT2D eigenvalue weighted by Gasteiger charge is -2.40. The molecule has 4 aromatic rings. The topological polar surface area (TPSA) is 110 Å². The van der Waals surface area contributed by atoms with E-state index >= 15 is 4.79 Å². The van der Waals surface area contributed by atoms with Crippen molar-refractivity contribution in [2.75, 3.05) is 25.2 Å². The van der Waals surface area contributed by atoms with E-state index in [9.17, 15) is 9.59 Å². The number of thioether (sulfide) groups is 2. The van der Waals surface area contributed by atoms with Crippen LogP contribution in [0.4, 0.5) is 4.79 Å². The van der Waals surface area contributed by atoms with E-state index in [2.05, 4.69) is 13.8 Å². The van der Waals surface area contributed by atoms with Gasteiger partial charge in [-0.25, -0.2) is 9.69 Å². The van der Waals surface area contributed by atoms with Crippen LogP contribution >= 0.6 is 23.5 Å². The first-order valence-corrected chi connectivity index (χ1v) is 20.9. The minimum Gasteiger partial charge on any atom is -0.497 e. The van der Waals surface area contributed by atoms with Crippen molar-refractivity contribution in [1.29, 1.82) is 0 Å². The molecular formula is C44H51NO9S2. The Kier molecular flexibility index (Phi) is 17.1. The molecule has 0 saturated carbocycles. The lowest BCUT2D eigenvalue weighted by Crippen LogP contribution is -2.58. The Labute approximate surface area is 338 Å². The Morgan fingerprint density at radius 1 is 0.696 bits per heavy atom. The van der Waals surface area contributed by atoms with Gasteiger partial charge in [-0.3, -0.25) is 9.59 Å². The number of carbonyl (C=O) groups excluding carboxylic acids is 3. The third kappa shape index (κ3) is 12.3. The van der Waals surface area contributed by atoms with Crippen LogP contribution in [-0.4, -0.2) is 83.1 Å². The maximum atomic E-state index is 15.1. The van der Waals surface area contributed by atoms with E-state index in [1.807, 2.05) is 103 Å². The van der Waals surface area contributed by atoms with Crippen LogP contribution < -0.4 is 4.74 Å². The Bertz CT molecular complexity index is 1780. The van der Waals surface area contributed by atoms with E-state index in [1.165, 1.54) is 6.92 Å². The van der Waals surface area contributed by atoms with Gasteiger partial charge < -0.3 is 28.4 Å². The highest BCUT2D eigenvalue weighted by Gasteiger charge is 2.50. The van der Waals surface area contributed by atoms with Crippen molar-refractivity contribution in [2.45, 2.75) is 82.1 Å². The second kappa shape index (κ2) is 22.4. The second-order valence-electron chi connectivity index (χ2n) is 13.1. The van der Waals surface area contributed by atoms with Gasteiger partial charge in [0.15, 0.2) is 12.2 Å². The number of imide groups is 1. The van der Waals surface area contributed by atoms with Crippen molar-refractivity contribution in [3.8, 4) is 5.75 Å². The molecule has 4 aromatic carbocycles. The summed E-state index contributed by atoms with van der Waals surface area (Å²) in [7, 11) is 1.58. The lowest BCUT2D eigenvalue weighted by atomic mass is 9.99. The predicted molar refractivity (Wildman–Crippen MR) is 219 cm³/mol. The number of hydrogen-bond acceptors (Lipinski definition) is 11. The van der Waals surface area contributed by atoms with Gasteiger partial charge in [-0.05, 0) is 52.3 Å². The molecule has 0 N–H and O–H groups in total. The molecule has 5 atom stereocenters. The average Bonchev–Trinajstić information content (AvgIpc) is 3.58. The van der Waals surface area contributed by atoms with E-state index in [0.717, 1.165) is 38.7 Å². The van der Waals surface area contributed by atoms with Gasteiger partial charge in [-0.1, -0.05) is 117 Å². The molecular weight excluding hydrogens is 751 g/mol. The molecule has 1 fully saturated rings. The summed E-state index contributed by atoms with van der Waals surface area (Å²) in [4.78, 5) is 42.9. The summed E-state index contributed by atoms with van der Waals surface area (Å²) in [6.45, 7) is 5.73. The molecule has 0 bridgehead atoms. The number of carbonyl (C=O) groups is 3. The van der Waals surface area contributed by atoms with Crippen LogP contribution in [0.5, 0.6) is 5.75 Å². The number of cyclic esters (lactones) is 1. The number of benzene rings is 4. The van der Waals surface area contributed by atoms with Crippen molar-refractivity contribution in [1.82, 2.24) is 4.90 Å². The normalized spacial score (nSPS) is 16.2. The third-order valence-corrected chi connectivity index (χ3v) is 11.8. The molecule has 0 aliphatic carbocycles. The van der Waals surface area contributed by atoms with Crippen molar-refractivity contribution < 1.29 is 42.8 Å². The van der Waals surface area contributed by atoms with Crippen molar-refractivity contribution in [2.24, 2.45) is 0 Å². The number of ether oxygens (including phenoxy) is 6. The van der Waals surface area contributed by atoms with Crippen LogP contribution in [0.2, 0.25) is 0 Å². The molecule has 298 valence electrons. The van der Waals surface area contributed by atoms with Crippen LogP contribution in [0, 0.1) is 0 Å². The van der Waals surface area contributed by atoms with Gasteiger partial charge in [0.2, 0.25) is 0 Å². The first-order chi connectivity index (χ1) is 27.3. The van der Waals surface area contributed by atoms with Crippen LogP contribution in [-0.2, 0) is 59.5 Å². The Morgan fingerprint density at radius 3 is 1.71 bits per heavy atom. The molecule has 0 aromatic heterocycles.